The van der Waals surface area contributed by atoms with Gasteiger partial charge in [0.1, 0.15) is 12.4 Å². The molecule has 0 spiro atoms. The van der Waals surface area contributed by atoms with Crippen LogP contribution in [0.5, 0.6) is 5.75 Å². The van der Waals surface area contributed by atoms with Gasteiger partial charge in [0.2, 0.25) is 0 Å². The lowest BCUT2D eigenvalue weighted by molar-refractivity contribution is 0.140. The molecule has 1 aliphatic heterocycles. The molecular formula is C23H29N3O2. The third-order valence-corrected chi connectivity index (χ3v) is 5.22. The van der Waals surface area contributed by atoms with E-state index >= 15 is 0 Å². The molecule has 0 aromatic heterocycles. The predicted octanol–water partition coefficient (Wildman–Crippen LogP) is 3.34. The van der Waals surface area contributed by atoms with Gasteiger partial charge in [-0.2, -0.15) is 5.26 Å². The molecule has 0 amide bonds. The van der Waals surface area contributed by atoms with Gasteiger partial charge in [0, 0.05) is 38.3 Å². The zero-order valence-electron chi connectivity index (χ0n) is 16.6. The van der Waals surface area contributed by atoms with Crippen LogP contribution in [-0.4, -0.2) is 44.3 Å². The number of methoxy groups -OCH3 is 1. The topological polar surface area (TPSA) is 57.5 Å². The van der Waals surface area contributed by atoms with Gasteiger partial charge in [-0.05, 0) is 43.1 Å². The highest BCUT2D eigenvalue weighted by Crippen LogP contribution is 2.18. The molecule has 0 saturated carbocycles. The van der Waals surface area contributed by atoms with E-state index in [4.69, 9.17) is 9.47 Å². The van der Waals surface area contributed by atoms with Gasteiger partial charge in [-0.1, -0.05) is 30.3 Å². The van der Waals surface area contributed by atoms with Gasteiger partial charge in [0.05, 0.1) is 18.2 Å². The number of ether oxygens (including phenoxy) is 2. The van der Waals surface area contributed by atoms with Crippen LogP contribution in [0.25, 0.3) is 0 Å². The third kappa shape index (κ3) is 5.80. The molecule has 1 heterocycles. The van der Waals surface area contributed by atoms with Crippen LogP contribution in [0.4, 0.5) is 0 Å². The second-order valence-corrected chi connectivity index (χ2v) is 7.16. The fraction of sp³-hybridized carbons (Fsp3) is 0.435. The van der Waals surface area contributed by atoms with Crippen molar-refractivity contribution in [3.05, 3.63) is 65.2 Å². The van der Waals surface area contributed by atoms with Crippen LogP contribution in [0.3, 0.4) is 0 Å². The average molecular weight is 380 g/mol. The van der Waals surface area contributed by atoms with E-state index in [-0.39, 0.29) is 0 Å². The number of benzene rings is 2. The van der Waals surface area contributed by atoms with Crippen LogP contribution in [0, 0.1) is 11.3 Å². The summed E-state index contributed by atoms with van der Waals surface area (Å²) in [5.74, 6) is 0.828. The Balaban J connectivity index is 1.48. The molecule has 1 aliphatic rings. The van der Waals surface area contributed by atoms with E-state index in [9.17, 15) is 5.26 Å². The van der Waals surface area contributed by atoms with E-state index < -0.39 is 0 Å². The Morgan fingerprint density at radius 3 is 2.96 bits per heavy atom. The van der Waals surface area contributed by atoms with Gasteiger partial charge in [0.25, 0.3) is 0 Å². The third-order valence-electron chi connectivity index (χ3n) is 5.22. The summed E-state index contributed by atoms with van der Waals surface area (Å²) in [6.07, 6.45) is 2.52. The monoisotopic (exact) mass is 379 g/mol. The summed E-state index contributed by atoms with van der Waals surface area (Å²) in [4.78, 5) is 2.52. The Kier molecular flexibility index (Phi) is 7.86. The van der Waals surface area contributed by atoms with Crippen LogP contribution < -0.4 is 10.1 Å². The molecule has 1 fully saturated rings. The van der Waals surface area contributed by atoms with Crippen molar-refractivity contribution in [2.75, 3.05) is 33.4 Å². The first-order valence-electron chi connectivity index (χ1n) is 9.93. The quantitative estimate of drug-likeness (QED) is 0.686. The number of nitriles is 1. The van der Waals surface area contributed by atoms with Crippen LogP contribution in [0.1, 0.15) is 29.5 Å². The first kappa shape index (κ1) is 20.3. The van der Waals surface area contributed by atoms with Crippen LogP contribution in [-0.2, 0) is 17.9 Å². The van der Waals surface area contributed by atoms with Gasteiger partial charge in [0.15, 0.2) is 0 Å². The molecule has 1 unspecified atom stereocenters. The Hall–Kier alpha value is -2.39. The molecule has 0 aliphatic carbocycles. The number of nitrogens with zero attached hydrogens (tertiary/aromatic N) is 2. The van der Waals surface area contributed by atoms with E-state index in [0.717, 1.165) is 37.6 Å². The van der Waals surface area contributed by atoms with Gasteiger partial charge >= 0.3 is 0 Å². The summed E-state index contributed by atoms with van der Waals surface area (Å²) in [5, 5.41) is 12.8. The molecule has 2 aromatic rings. The first-order valence-corrected chi connectivity index (χ1v) is 9.93. The van der Waals surface area contributed by atoms with Crippen LogP contribution >= 0.6 is 0 Å². The zero-order chi connectivity index (χ0) is 19.6. The Morgan fingerprint density at radius 1 is 1.21 bits per heavy atom. The van der Waals surface area contributed by atoms with Crippen molar-refractivity contribution in [2.24, 2.45) is 0 Å². The van der Waals surface area contributed by atoms with Gasteiger partial charge in [-0.15, -0.1) is 0 Å². The number of hydrogen-bond donors (Lipinski definition) is 1. The highest BCUT2D eigenvalue weighted by molar-refractivity contribution is 5.37. The van der Waals surface area contributed by atoms with Gasteiger partial charge in [-0.3, -0.25) is 4.90 Å². The molecule has 3 rings (SSSR count). The molecular weight excluding hydrogens is 350 g/mol. The highest BCUT2D eigenvalue weighted by atomic mass is 16.5. The molecule has 1 atom stereocenters. The minimum Gasteiger partial charge on any atom is -0.489 e. The fourth-order valence-corrected chi connectivity index (χ4v) is 3.67. The molecule has 2 aromatic carbocycles. The lowest BCUT2D eigenvalue weighted by Crippen LogP contribution is -2.39. The maximum absolute atomic E-state index is 9.19. The van der Waals surface area contributed by atoms with E-state index in [1.54, 1.807) is 7.11 Å². The number of likely N-dealkylation sites (tertiary alicyclic amines) is 1. The summed E-state index contributed by atoms with van der Waals surface area (Å²) in [6.45, 7) is 5.19. The normalized spacial score (nSPS) is 16.8. The summed E-state index contributed by atoms with van der Waals surface area (Å²) in [5.41, 5.74) is 2.77. The van der Waals surface area contributed by atoms with Crippen molar-refractivity contribution in [2.45, 2.75) is 32.0 Å². The van der Waals surface area contributed by atoms with Crippen LogP contribution in [0.15, 0.2) is 48.5 Å². The van der Waals surface area contributed by atoms with E-state index in [1.165, 1.54) is 24.9 Å². The smallest absolute Gasteiger partial charge is 0.120 e. The first-order chi connectivity index (χ1) is 13.8. The van der Waals surface area contributed by atoms with Crippen molar-refractivity contribution in [1.29, 1.82) is 5.26 Å². The lowest BCUT2D eigenvalue weighted by Gasteiger charge is -2.24. The predicted molar refractivity (Wildman–Crippen MR) is 110 cm³/mol. The molecule has 28 heavy (non-hydrogen) atoms. The zero-order valence-corrected chi connectivity index (χ0v) is 16.6. The van der Waals surface area contributed by atoms with Crippen molar-refractivity contribution >= 4 is 0 Å². The number of hydrogen-bond acceptors (Lipinski definition) is 5. The molecule has 1 saturated heterocycles. The fourth-order valence-electron chi connectivity index (χ4n) is 3.67. The van der Waals surface area contributed by atoms with E-state index in [2.05, 4.69) is 28.4 Å². The standard InChI is InChI=1S/C23H29N3O2/c1-27-13-12-26-11-5-9-22(26)17-25-16-19-6-4-10-23(14-19)28-18-21-8-3-2-7-20(21)15-24/h2-4,6-8,10,14,22,25H,5,9,11-13,16-18H2,1H3. The molecule has 1 N–H and O–H groups in total. The molecule has 5 nitrogen and oxygen atoms in total. The minimum absolute atomic E-state index is 0.400. The lowest BCUT2D eigenvalue weighted by atomic mass is 10.1. The average Bonchev–Trinajstić information content (AvgIpc) is 3.18. The van der Waals surface area contributed by atoms with Crippen molar-refractivity contribution in [3.63, 3.8) is 0 Å². The molecule has 148 valence electrons. The summed E-state index contributed by atoms with van der Waals surface area (Å²) >= 11 is 0. The van der Waals surface area contributed by atoms with Gasteiger partial charge in [-0.25, -0.2) is 0 Å². The molecule has 0 radical (unpaired) electrons. The van der Waals surface area contributed by atoms with Crippen molar-refractivity contribution in [1.82, 2.24) is 10.2 Å². The number of rotatable bonds is 10. The summed E-state index contributed by atoms with van der Waals surface area (Å²) < 4.78 is 11.1. The van der Waals surface area contributed by atoms with Crippen molar-refractivity contribution in [3.8, 4) is 11.8 Å². The highest BCUT2D eigenvalue weighted by Gasteiger charge is 2.23. The largest absolute Gasteiger partial charge is 0.489 e. The Labute approximate surface area is 167 Å². The molecule has 0 bridgehead atoms. The van der Waals surface area contributed by atoms with Gasteiger partial charge < -0.3 is 14.8 Å². The summed E-state index contributed by atoms with van der Waals surface area (Å²) in [6, 6.07) is 18.5. The maximum atomic E-state index is 9.19. The SMILES string of the molecule is COCCN1CCCC1CNCc1cccc(OCc2ccccc2C#N)c1. The minimum atomic E-state index is 0.400. The van der Waals surface area contributed by atoms with E-state index in [1.807, 2.05) is 36.4 Å². The Bertz CT molecular complexity index is 787. The molecule has 5 heteroatoms. The number of nitrogens with one attached hydrogen (secondary N) is 1. The second-order valence-electron chi connectivity index (χ2n) is 7.16. The van der Waals surface area contributed by atoms with Crippen molar-refractivity contribution < 1.29 is 9.47 Å². The second kappa shape index (κ2) is 10.8. The van der Waals surface area contributed by atoms with Crippen LogP contribution in [0.2, 0.25) is 0 Å². The summed E-state index contributed by atoms with van der Waals surface area (Å²) in [7, 11) is 1.76. The Morgan fingerprint density at radius 2 is 2.11 bits per heavy atom. The van der Waals surface area contributed by atoms with E-state index in [0.29, 0.717) is 18.2 Å². The maximum Gasteiger partial charge on any atom is 0.120 e.